The molecular formula is C11H13F2NO3. The molecule has 0 aromatic heterocycles. The lowest BCUT2D eigenvalue weighted by Gasteiger charge is -2.14. The van der Waals surface area contributed by atoms with Crippen LogP contribution in [-0.4, -0.2) is 18.4 Å². The van der Waals surface area contributed by atoms with Gasteiger partial charge in [-0.2, -0.15) is 0 Å². The Hall–Kier alpha value is -1.40. The maximum Gasteiger partial charge on any atom is 0.263 e. The van der Waals surface area contributed by atoms with Crippen LogP contribution in [0.5, 0.6) is 11.5 Å². The molecule has 2 rings (SSSR count). The predicted octanol–water partition coefficient (Wildman–Crippen LogP) is 1.74. The number of alkyl halides is 2. The van der Waals surface area contributed by atoms with Crippen molar-refractivity contribution in [3.8, 4) is 11.5 Å². The molecule has 17 heavy (non-hydrogen) atoms. The molecule has 1 aliphatic heterocycles. The SMILES string of the molecule is NCCC(O)c1cc(C(F)F)cc2c1OCO2. The number of hydrogen-bond acceptors (Lipinski definition) is 4. The molecule has 0 amide bonds. The number of hydrogen-bond donors (Lipinski definition) is 2. The molecular weight excluding hydrogens is 232 g/mol. The quantitative estimate of drug-likeness (QED) is 0.848. The number of ether oxygens (including phenoxy) is 2. The molecule has 0 saturated heterocycles. The number of rotatable bonds is 4. The van der Waals surface area contributed by atoms with E-state index in [4.69, 9.17) is 15.2 Å². The lowest BCUT2D eigenvalue weighted by Crippen LogP contribution is -2.08. The van der Waals surface area contributed by atoms with Gasteiger partial charge in [-0.25, -0.2) is 8.78 Å². The molecule has 0 aliphatic carbocycles. The Morgan fingerprint density at radius 3 is 2.76 bits per heavy atom. The smallest absolute Gasteiger partial charge is 0.263 e. The highest BCUT2D eigenvalue weighted by Gasteiger charge is 2.25. The molecule has 6 heteroatoms. The van der Waals surface area contributed by atoms with Crippen LogP contribution in [0.1, 0.15) is 30.1 Å². The summed E-state index contributed by atoms with van der Waals surface area (Å²) in [6.07, 6.45) is -3.26. The van der Waals surface area contributed by atoms with Crippen molar-refractivity contribution in [3.05, 3.63) is 23.3 Å². The Kier molecular flexibility index (Phi) is 3.44. The first-order valence-electron chi connectivity index (χ1n) is 5.23. The van der Waals surface area contributed by atoms with Crippen LogP contribution in [0, 0.1) is 0 Å². The molecule has 0 fully saturated rings. The summed E-state index contributed by atoms with van der Waals surface area (Å²) in [6, 6.07) is 2.46. The van der Waals surface area contributed by atoms with E-state index in [0.717, 1.165) is 0 Å². The van der Waals surface area contributed by atoms with Crippen molar-refractivity contribution in [1.29, 1.82) is 0 Å². The van der Waals surface area contributed by atoms with Gasteiger partial charge in [0.15, 0.2) is 11.5 Å². The van der Waals surface area contributed by atoms with Crippen LogP contribution in [0.2, 0.25) is 0 Å². The van der Waals surface area contributed by atoms with Crippen molar-refractivity contribution in [2.45, 2.75) is 19.0 Å². The molecule has 1 heterocycles. The largest absolute Gasteiger partial charge is 0.454 e. The van der Waals surface area contributed by atoms with Gasteiger partial charge in [0.25, 0.3) is 6.43 Å². The number of benzene rings is 1. The van der Waals surface area contributed by atoms with E-state index in [1.54, 1.807) is 0 Å². The summed E-state index contributed by atoms with van der Waals surface area (Å²) in [4.78, 5) is 0. The monoisotopic (exact) mass is 245 g/mol. The Morgan fingerprint density at radius 2 is 2.12 bits per heavy atom. The second-order valence-electron chi connectivity index (χ2n) is 3.74. The van der Waals surface area contributed by atoms with Crippen molar-refractivity contribution in [1.82, 2.24) is 0 Å². The van der Waals surface area contributed by atoms with Gasteiger partial charge in [-0.05, 0) is 25.1 Å². The zero-order chi connectivity index (χ0) is 12.4. The van der Waals surface area contributed by atoms with Gasteiger partial charge in [-0.3, -0.25) is 0 Å². The fraction of sp³-hybridized carbons (Fsp3) is 0.455. The maximum atomic E-state index is 12.7. The first kappa shape index (κ1) is 12.1. The fourth-order valence-electron chi connectivity index (χ4n) is 1.75. The van der Waals surface area contributed by atoms with Gasteiger partial charge in [-0.1, -0.05) is 0 Å². The van der Waals surface area contributed by atoms with Crippen molar-refractivity contribution in [2.24, 2.45) is 5.73 Å². The van der Waals surface area contributed by atoms with Gasteiger partial charge < -0.3 is 20.3 Å². The van der Waals surface area contributed by atoms with E-state index in [1.807, 2.05) is 0 Å². The normalized spacial score (nSPS) is 15.4. The summed E-state index contributed by atoms with van der Waals surface area (Å²) in [6.45, 7) is 0.236. The second kappa shape index (κ2) is 4.85. The standard InChI is InChI=1S/C11H13F2NO3/c12-11(13)6-3-7(8(15)1-2-14)10-9(4-6)16-5-17-10/h3-4,8,11,15H,1-2,5,14H2. The van der Waals surface area contributed by atoms with Crippen LogP contribution < -0.4 is 15.2 Å². The molecule has 0 radical (unpaired) electrons. The second-order valence-corrected chi connectivity index (χ2v) is 3.74. The Balaban J connectivity index is 2.42. The van der Waals surface area contributed by atoms with Gasteiger partial charge in [-0.15, -0.1) is 0 Å². The molecule has 4 nitrogen and oxygen atoms in total. The fourth-order valence-corrected chi connectivity index (χ4v) is 1.75. The summed E-state index contributed by atoms with van der Waals surface area (Å²) in [5, 5.41) is 9.83. The summed E-state index contributed by atoms with van der Waals surface area (Å²) < 4.78 is 35.5. The van der Waals surface area contributed by atoms with E-state index >= 15 is 0 Å². The molecule has 1 aliphatic rings. The van der Waals surface area contributed by atoms with E-state index in [9.17, 15) is 13.9 Å². The molecule has 0 saturated carbocycles. The summed E-state index contributed by atoms with van der Waals surface area (Å²) in [7, 11) is 0. The van der Waals surface area contributed by atoms with Crippen LogP contribution in [0.15, 0.2) is 12.1 Å². The number of halogens is 2. The van der Waals surface area contributed by atoms with Gasteiger partial charge in [0, 0.05) is 11.1 Å². The van der Waals surface area contributed by atoms with Gasteiger partial charge >= 0.3 is 0 Å². The Bertz CT molecular complexity index is 412. The molecule has 1 atom stereocenters. The number of aliphatic hydroxyl groups excluding tert-OH is 1. The maximum absolute atomic E-state index is 12.7. The predicted molar refractivity (Wildman–Crippen MR) is 56.2 cm³/mol. The minimum Gasteiger partial charge on any atom is -0.454 e. The van der Waals surface area contributed by atoms with Crippen molar-refractivity contribution < 1.29 is 23.4 Å². The third kappa shape index (κ3) is 2.32. The first-order chi connectivity index (χ1) is 8.13. The molecule has 3 N–H and O–H groups in total. The zero-order valence-corrected chi connectivity index (χ0v) is 9.03. The highest BCUT2D eigenvalue weighted by atomic mass is 19.3. The summed E-state index contributed by atoms with van der Waals surface area (Å²) >= 11 is 0. The van der Waals surface area contributed by atoms with E-state index in [2.05, 4.69) is 0 Å². The summed E-state index contributed by atoms with van der Waals surface area (Å²) in [5.41, 5.74) is 5.44. The molecule has 1 aromatic rings. The lowest BCUT2D eigenvalue weighted by atomic mass is 10.0. The number of aliphatic hydroxyl groups is 1. The average molecular weight is 245 g/mol. The van der Waals surface area contributed by atoms with E-state index in [0.29, 0.717) is 11.3 Å². The van der Waals surface area contributed by atoms with Crippen LogP contribution in [-0.2, 0) is 0 Å². The van der Waals surface area contributed by atoms with E-state index < -0.39 is 12.5 Å². The van der Waals surface area contributed by atoms with Crippen LogP contribution in [0.3, 0.4) is 0 Å². The Morgan fingerprint density at radius 1 is 1.35 bits per heavy atom. The lowest BCUT2D eigenvalue weighted by molar-refractivity contribution is 0.148. The van der Waals surface area contributed by atoms with Crippen molar-refractivity contribution in [3.63, 3.8) is 0 Å². The highest BCUT2D eigenvalue weighted by Crippen LogP contribution is 2.42. The molecule has 94 valence electrons. The van der Waals surface area contributed by atoms with Crippen molar-refractivity contribution >= 4 is 0 Å². The van der Waals surface area contributed by atoms with Crippen LogP contribution in [0.25, 0.3) is 0 Å². The first-order valence-corrected chi connectivity index (χ1v) is 5.23. The van der Waals surface area contributed by atoms with Gasteiger partial charge in [0.05, 0.1) is 6.10 Å². The van der Waals surface area contributed by atoms with Gasteiger partial charge in [0.1, 0.15) is 0 Å². The van der Waals surface area contributed by atoms with E-state index in [-0.39, 0.29) is 31.1 Å². The van der Waals surface area contributed by atoms with Gasteiger partial charge in [0.2, 0.25) is 6.79 Å². The molecule has 1 unspecified atom stereocenters. The minimum absolute atomic E-state index is 0.0234. The average Bonchev–Trinajstić information content (AvgIpc) is 2.75. The third-order valence-corrected chi connectivity index (χ3v) is 2.57. The van der Waals surface area contributed by atoms with Crippen molar-refractivity contribution in [2.75, 3.05) is 13.3 Å². The Labute approximate surface area is 96.9 Å². The topological polar surface area (TPSA) is 64.7 Å². The number of nitrogens with two attached hydrogens (primary N) is 1. The highest BCUT2D eigenvalue weighted by molar-refractivity contribution is 5.52. The summed E-state index contributed by atoms with van der Waals surface area (Å²) in [5.74, 6) is 0.573. The van der Waals surface area contributed by atoms with E-state index in [1.165, 1.54) is 12.1 Å². The molecule has 1 aromatic carbocycles. The zero-order valence-electron chi connectivity index (χ0n) is 9.03. The minimum atomic E-state index is -2.62. The number of fused-ring (bicyclic) bond motifs is 1. The molecule has 0 bridgehead atoms. The molecule has 0 spiro atoms. The third-order valence-electron chi connectivity index (χ3n) is 2.57. The van der Waals surface area contributed by atoms with Crippen LogP contribution in [0.4, 0.5) is 8.78 Å². The van der Waals surface area contributed by atoms with Crippen LogP contribution >= 0.6 is 0 Å².